The van der Waals surface area contributed by atoms with E-state index in [-0.39, 0.29) is 0 Å². The lowest BCUT2D eigenvalue weighted by molar-refractivity contribution is 1.10. The van der Waals surface area contributed by atoms with Gasteiger partial charge in [0.25, 0.3) is 0 Å². The largest absolute Gasteiger partial charge is 0.309 e. The maximum atomic E-state index is 8.20. The van der Waals surface area contributed by atoms with Gasteiger partial charge in [-0.1, -0.05) is 42.5 Å². The molecule has 2 heteroatoms. The van der Waals surface area contributed by atoms with Gasteiger partial charge >= 0.3 is 0 Å². The van der Waals surface area contributed by atoms with Gasteiger partial charge in [-0.25, -0.2) is 0 Å². The zero-order valence-corrected chi connectivity index (χ0v) is 12.4. The summed E-state index contributed by atoms with van der Waals surface area (Å²) in [7, 11) is 0. The number of nitrogens with zero attached hydrogens (tertiary/aromatic N) is 1. The van der Waals surface area contributed by atoms with Gasteiger partial charge in [0.15, 0.2) is 0 Å². The highest BCUT2D eigenvalue weighted by Crippen LogP contribution is 2.37. The molecule has 1 aliphatic carbocycles. The predicted molar refractivity (Wildman–Crippen MR) is 93.7 cm³/mol. The molecule has 0 radical (unpaired) electrons. The summed E-state index contributed by atoms with van der Waals surface area (Å²) >= 11 is 0. The average Bonchev–Trinajstić information content (AvgIpc) is 2.90. The lowest BCUT2D eigenvalue weighted by atomic mass is 9.93. The van der Waals surface area contributed by atoms with E-state index in [9.17, 15) is 0 Å². The van der Waals surface area contributed by atoms with E-state index in [2.05, 4.69) is 59.2 Å². The van der Waals surface area contributed by atoms with Crippen LogP contribution in [-0.2, 0) is 0 Å². The third-order valence-corrected chi connectivity index (χ3v) is 4.18. The fourth-order valence-corrected chi connectivity index (χ4v) is 3.24. The van der Waals surface area contributed by atoms with Crippen LogP contribution in [0, 0.1) is 5.41 Å². The van der Waals surface area contributed by atoms with E-state index in [4.69, 9.17) is 5.41 Å². The van der Waals surface area contributed by atoms with Crippen LogP contribution in [-0.4, -0.2) is 10.3 Å². The molecule has 1 aliphatic rings. The molecule has 0 amide bonds. The Morgan fingerprint density at radius 3 is 2.41 bits per heavy atom. The van der Waals surface area contributed by atoms with Gasteiger partial charge in [0.05, 0.1) is 16.9 Å². The van der Waals surface area contributed by atoms with Crippen molar-refractivity contribution in [1.29, 1.82) is 5.41 Å². The Labute approximate surface area is 129 Å². The second-order valence-electron chi connectivity index (χ2n) is 5.40. The monoisotopic (exact) mass is 284 g/mol. The Kier molecular flexibility index (Phi) is 2.83. The van der Waals surface area contributed by atoms with Gasteiger partial charge < -0.3 is 9.98 Å². The number of para-hydroxylation sites is 2. The molecule has 2 aromatic carbocycles. The number of benzene rings is 2. The van der Waals surface area contributed by atoms with Crippen molar-refractivity contribution >= 4 is 28.3 Å². The normalized spacial score (nSPS) is 15.5. The summed E-state index contributed by atoms with van der Waals surface area (Å²) in [6.07, 6.45) is 5.97. The second-order valence-corrected chi connectivity index (χ2v) is 5.40. The number of hydrogen-bond acceptors (Lipinski definition) is 1. The number of rotatable bonds is 1. The molecule has 1 heterocycles. The summed E-state index contributed by atoms with van der Waals surface area (Å²) in [6, 6.07) is 18.8. The second kappa shape index (κ2) is 4.85. The van der Waals surface area contributed by atoms with Crippen LogP contribution in [0.25, 0.3) is 28.2 Å². The van der Waals surface area contributed by atoms with E-state index in [1.807, 2.05) is 25.1 Å². The average molecular weight is 284 g/mol. The lowest BCUT2D eigenvalue weighted by Gasteiger charge is -2.14. The van der Waals surface area contributed by atoms with E-state index in [0.29, 0.717) is 5.71 Å². The predicted octanol–water partition coefficient (Wildman–Crippen LogP) is 5.08. The molecule has 0 spiro atoms. The number of aromatic nitrogens is 1. The molecule has 0 unspecified atom stereocenters. The molecule has 0 bridgehead atoms. The molecule has 2 nitrogen and oxygen atoms in total. The van der Waals surface area contributed by atoms with Gasteiger partial charge in [-0.2, -0.15) is 0 Å². The Hall–Kier alpha value is -2.87. The highest BCUT2D eigenvalue weighted by molar-refractivity contribution is 6.33. The zero-order valence-electron chi connectivity index (χ0n) is 12.4. The molecule has 0 fully saturated rings. The summed E-state index contributed by atoms with van der Waals surface area (Å²) < 4.78 is 2.27. The maximum absolute atomic E-state index is 8.20. The van der Waals surface area contributed by atoms with Crippen LogP contribution >= 0.6 is 0 Å². The van der Waals surface area contributed by atoms with Crippen molar-refractivity contribution in [1.82, 2.24) is 4.57 Å². The molecule has 106 valence electrons. The number of nitrogens with one attached hydrogen (secondary N) is 1. The van der Waals surface area contributed by atoms with Crippen molar-refractivity contribution in [3.63, 3.8) is 0 Å². The first-order chi connectivity index (χ1) is 10.8. The highest BCUT2D eigenvalue weighted by Gasteiger charge is 2.23. The Balaban J connectivity index is 2.17. The van der Waals surface area contributed by atoms with E-state index < -0.39 is 0 Å². The molecule has 3 aromatic rings. The van der Waals surface area contributed by atoms with E-state index in [0.717, 1.165) is 22.5 Å². The third kappa shape index (κ3) is 1.70. The van der Waals surface area contributed by atoms with Gasteiger partial charge in [-0.15, -0.1) is 0 Å². The van der Waals surface area contributed by atoms with Gasteiger partial charge in [0.1, 0.15) is 0 Å². The van der Waals surface area contributed by atoms with Crippen LogP contribution in [0.3, 0.4) is 0 Å². The van der Waals surface area contributed by atoms with Crippen LogP contribution in [0.1, 0.15) is 18.2 Å². The van der Waals surface area contributed by atoms with Crippen molar-refractivity contribution in [3.05, 3.63) is 78.0 Å². The molecule has 0 aliphatic heterocycles. The molecule has 0 saturated carbocycles. The number of fused-ring (bicyclic) bond motifs is 3. The van der Waals surface area contributed by atoms with Crippen molar-refractivity contribution in [2.24, 2.45) is 0 Å². The summed E-state index contributed by atoms with van der Waals surface area (Å²) in [4.78, 5) is 0. The zero-order chi connectivity index (χ0) is 15.1. The van der Waals surface area contributed by atoms with Crippen LogP contribution in [0.4, 0.5) is 0 Å². The molecule has 1 aromatic heterocycles. The minimum Gasteiger partial charge on any atom is -0.309 e. The standard InChI is InChI=1S/C20H16N2/c1-2-15-17(21)12-13-19-20(15)16-10-6-7-11-18(16)22(19)14-8-4-3-5-9-14/h2-13,21H,1H3/b15-2+,21-17?. The summed E-state index contributed by atoms with van der Waals surface area (Å²) in [5.41, 5.74) is 6.21. The molecule has 0 saturated heterocycles. The van der Waals surface area contributed by atoms with Gasteiger partial charge in [0, 0.05) is 22.2 Å². The molecular weight excluding hydrogens is 268 g/mol. The van der Waals surface area contributed by atoms with Crippen molar-refractivity contribution in [2.45, 2.75) is 6.92 Å². The molecular formula is C20H16N2. The number of hydrogen-bond donors (Lipinski definition) is 1. The van der Waals surface area contributed by atoms with Crippen LogP contribution in [0.2, 0.25) is 0 Å². The smallest absolute Gasteiger partial charge is 0.0616 e. The molecule has 4 rings (SSSR count). The molecule has 0 atom stereocenters. The molecule has 22 heavy (non-hydrogen) atoms. The SMILES string of the molecule is C/C=C1\C(=N)C=Cc2c1c1ccccc1n2-c1ccccc1. The van der Waals surface area contributed by atoms with Gasteiger partial charge in [0.2, 0.25) is 0 Å². The van der Waals surface area contributed by atoms with Crippen molar-refractivity contribution in [3.8, 4) is 5.69 Å². The topological polar surface area (TPSA) is 28.8 Å². The van der Waals surface area contributed by atoms with Gasteiger partial charge in [-0.3, -0.25) is 0 Å². The fraction of sp³-hybridized carbons (Fsp3) is 0.0500. The third-order valence-electron chi connectivity index (χ3n) is 4.18. The van der Waals surface area contributed by atoms with Crippen LogP contribution in [0.15, 0.2) is 66.7 Å². The quantitative estimate of drug-likeness (QED) is 0.645. The summed E-state index contributed by atoms with van der Waals surface area (Å²) in [6.45, 7) is 2.00. The Morgan fingerprint density at radius 1 is 0.909 bits per heavy atom. The first kappa shape index (κ1) is 12.8. The van der Waals surface area contributed by atoms with Crippen LogP contribution < -0.4 is 0 Å². The maximum Gasteiger partial charge on any atom is 0.0616 e. The minimum atomic E-state index is 0.575. The van der Waals surface area contributed by atoms with Crippen molar-refractivity contribution < 1.29 is 0 Å². The first-order valence-electron chi connectivity index (χ1n) is 7.44. The molecule has 1 N–H and O–H groups in total. The first-order valence-corrected chi connectivity index (χ1v) is 7.44. The van der Waals surface area contributed by atoms with E-state index in [1.54, 1.807) is 0 Å². The van der Waals surface area contributed by atoms with Crippen molar-refractivity contribution in [2.75, 3.05) is 0 Å². The fourth-order valence-electron chi connectivity index (χ4n) is 3.24. The highest BCUT2D eigenvalue weighted by atomic mass is 15.0. The van der Waals surface area contributed by atoms with E-state index >= 15 is 0 Å². The number of allylic oxidation sites excluding steroid dienone is 3. The van der Waals surface area contributed by atoms with Crippen LogP contribution in [0.5, 0.6) is 0 Å². The Bertz CT molecular complexity index is 941. The lowest BCUT2D eigenvalue weighted by Crippen LogP contribution is -2.05. The summed E-state index contributed by atoms with van der Waals surface area (Å²) in [5, 5.41) is 9.40. The Morgan fingerprint density at radius 2 is 1.64 bits per heavy atom. The summed E-state index contributed by atoms with van der Waals surface area (Å²) in [5.74, 6) is 0. The minimum absolute atomic E-state index is 0.575. The van der Waals surface area contributed by atoms with Gasteiger partial charge in [-0.05, 0) is 37.3 Å². The van der Waals surface area contributed by atoms with E-state index in [1.165, 1.54) is 10.9 Å².